The zero-order chi connectivity index (χ0) is 10.8. The number of fused-ring (bicyclic) bond motifs is 1. The smallest absolute Gasteiger partial charge is 0.0251 e. The Morgan fingerprint density at radius 1 is 0.867 bits per heavy atom. The molecule has 0 amide bonds. The molecule has 0 aliphatic heterocycles. The summed E-state index contributed by atoms with van der Waals surface area (Å²) >= 11 is 0. The van der Waals surface area contributed by atoms with E-state index in [0.29, 0.717) is 0 Å². The van der Waals surface area contributed by atoms with Gasteiger partial charge in [-0.3, -0.25) is 0 Å². The van der Waals surface area contributed by atoms with Gasteiger partial charge in [-0.15, -0.1) is 5.92 Å². The van der Waals surface area contributed by atoms with Crippen molar-refractivity contribution in [2.24, 2.45) is 0 Å². The molecule has 2 rings (SSSR count). The Morgan fingerprint density at radius 2 is 1.53 bits per heavy atom. The highest BCUT2D eigenvalue weighted by molar-refractivity contribution is 5.85. The van der Waals surface area contributed by atoms with Gasteiger partial charge in [-0.25, -0.2) is 0 Å². The van der Waals surface area contributed by atoms with E-state index in [4.69, 9.17) is 0 Å². The second-order valence-corrected chi connectivity index (χ2v) is 3.87. The van der Waals surface area contributed by atoms with Gasteiger partial charge in [0.1, 0.15) is 0 Å². The Labute approximate surface area is 90.9 Å². The van der Waals surface area contributed by atoms with Gasteiger partial charge < -0.3 is 0 Å². The zero-order valence-corrected chi connectivity index (χ0v) is 9.39. The van der Waals surface area contributed by atoms with E-state index in [-0.39, 0.29) is 0 Å². The monoisotopic (exact) mass is 194 g/mol. The van der Waals surface area contributed by atoms with Crippen molar-refractivity contribution in [2.45, 2.75) is 20.8 Å². The second-order valence-electron chi connectivity index (χ2n) is 3.87. The van der Waals surface area contributed by atoms with Gasteiger partial charge in [0.2, 0.25) is 0 Å². The molecule has 0 aliphatic carbocycles. The summed E-state index contributed by atoms with van der Waals surface area (Å²) in [5.41, 5.74) is 3.77. The molecule has 0 aromatic heterocycles. The first-order chi connectivity index (χ1) is 7.20. The summed E-state index contributed by atoms with van der Waals surface area (Å²) in [6.07, 6.45) is 0. The van der Waals surface area contributed by atoms with Crippen molar-refractivity contribution in [3.05, 3.63) is 47.0 Å². The van der Waals surface area contributed by atoms with Crippen LogP contribution in [0.5, 0.6) is 0 Å². The fourth-order valence-electron chi connectivity index (χ4n) is 1.75. The van der Waals surface area contributed by atoms with Crippen molar-refractivity contribution < 1.29 is 0 Å². The topological polar surface area (TPSA) is 0 Å². The fraction of sp³-hybridized carbons (Fsp3) is 0.200. The minimum Gasteiger partial charge on any atom is -0.101 e. The zero-order valence-electron chi connectivity index (χ0n) is 9.39. The lowest BCUT2D eigenvalue weighted by atomic mass is 10.0. The van der Waals surface area contributed by atoms with Crippen LogP contribution in [0.4, 0.5) is 0 Å². The highest BCUT2D eigenvalue weighted by Crippen LogP contribution is 2.20. The standard InChI is InChI=1S/C15H14/c1-4-5-13-6-7-14-8-11(2)12(3)9-15(14)10-13/h6-10H,1-3H3. The Balaban J connectivity index is 2.70. The summed E-state index contributed by atoms with van der Waals surface area (Å²) in [7, 11) is 0. The maximum absolute atomic E-state index is 3.08. The summed E-state index contributed by atoms with van der Waals surface area (Å²) < 4.78 is 0. The first-order valence-electron chi connectivity index (χ1n) is 5.14. The van der Waals surface area contributed by atoms with E-state index in [9.17, 15) is 0 Å². The van der Waals surface area contributed by atoms with Gasteiger partial charge in [-0.2, -0.15) is 0 Å². The van der Waals surface area contributed by atoms with E-state index >= 15 is 0 Å². The lowest BCUT2D eigenvalue weighted by molar-refractivity contribution is 1.36. The molecule has 0 aliphatic rings. The Kier molecular flexibility index (Phi) is 2.47. The third-order valence-electron chi connectivity index (χ3n) is 2.72. The molecule has 0 N–H and O–H groups in total. The van der Waals surface area contributed by atoms with Crippen LogP contribution < -0.4 is 0 Å². The molecule has 0 radical (unpaired) electrons. The van der Waals surface area contributed by atoms with E-state index in [1.165, 1.54) is 21.9 Å². The fourth-order valence-corrected chi connectivity index (χ4v) is 1.75. The average molecular weight is 194 g/mol. The quantitative estimate of drug-likeness (QED) is 0.559. The van der Waals surface area contributed by atoms with Gasteiger partial charge in [0, 0.05) is 5.56 Å². The van der Waals surface area contributed by atoms with Crippen LogP contribution in [0, 0.1) is 25.7 Å². The molecule has 0 saturated carbocycles. The van der Waals surface area contributed by atoms with Crippen molar-refractivity contribution in [3.8, 4) is 11.8 Å². The molecule has 0 atom stereocenters. The van der Waals surface area contributed by atoms with E-state index in [2.05, 4.69) is 56.0 Å². The summed E-state index contributed by atoms with van der Waals surface area (Å²) in [4.78, 5) is 0. The number of rotatable bonds is 0. The van der Waals surface area contributed by atoms with Gasteiger partial charge >= 0.3 is 0 Å². The molecule has 74 valence electrons. The molecule has 2 aromatic rings. The molecule has 0 spiro atoms. The van der Waals surface area contributed by atoms with Crippen LogP contribution >= 0.6 is 0 Å². The molecule has 0 heteroatoms. The summed E-state index contributed by atoms with van der Waals surface area (Å²) in [5.74, 6) is 6.01. The molecule has 0 heterocycles. The average Bonchev–Trinajstić information content (AvgIpc) is 2.21. The summed E-state index contributed by atoms with van der Waals surface area (Å²) in [6.45, 7) is 6.16. The number of benzene rings is 2. The third-order valence-corrected chi connectivity index (χ3v) is 2.72. The first kappa shape index (κ1) is 9.80. The van der Waals surface area contributed by atoms with Crippen LogP contribution in [0.1, 0.15) is 23.6 Å². The first-order valence-corrected chi connectivity index (χ1v) is 5.14. The van der Waals surface area contributed by atoms with Crippen LogP contribution in [-0.2, 0) is 0 Å². The third kappa shape index (κ3) is 1.87. The summed E-state index contributed by atoms with van der Waals surface area (Å²) in [5, 5.41) is 2.57. The van der Waals surface area contributed by atoms with Crippen LogP contribution in [-0.4, -0.2) is 0 Å². The molecule has 15 heavy (non-hydrogen) atoms. The van der Waals surface area contributed by atoms with E-state index in [1.807, 2.05) is 6.92 Å². The second kappa shape index (κ2) is 3.79. The maximum atomic E-state index is 3.08. The van der Waals surface area contributed by atoms with Crippen molar-refractivity contribution >= 4 is 10.8 Å². The number of hydrogen-bond acceptors (Lipinski definition) is 0. The van der Waals surface area contributed by atoms with Crippen molar-refractivity contribution in [1.29, 1.82) is 0 Å². The molecule has 0 fully saturated rings. The summed E-state index contributed by atoms with van der Waals surface area (Å²) in [6, 6.07) is 10.8. The van der Waals surface area contributed by atoms with Gasteiger partial charge in [0.05, 0.1) is 0 Å². The molecule has 0 unspecified atom stereocenters. The van der Waals surface area contributed by atoms with E-state index in [1.54, 1.807) is 0 Å². The van der Waals surface area contributed by atoms with Gasteiger partial charge in [0.25, 0.3) is 0 Å². The van der Waals surface area contributed by atoms with Crippen molar-refractivity contribution in [2.75, 3.05) is 0 Å². The largest absolute Gasteiger partial charge is 0.101 e. The minimum absolute atomic E-state index is 1.09. The van der Waals surface area contributed by atoms with Gasteiger partial charge in [-0.1, -0.05) is 24.1 Å². The lowest BCUT2D eigenvalue weighted by Gasteiger charge is -2.04. The van der Waals surface area contributed by atoms with Crippen LogP contribution in [0.15, 0.2) is 30.3 Å². The Bertz CT molecular complexity index is 566. The van der Waals surface area contributed by atoms with Crippen molar-refractivity contribution in [3.63, 3.8) is 0 Å². The predicted molar refractivity (Wildman–Crippen MR) is 66.0 cm³/mol. The Hall–Kier alpha value is -1.74. The number of hydrogen-bond donors (Lipinski definition) is 0. The molecular formula is C15H14. The van der Waals surface area contributed by atoms with E-state index in [0.717, 1.165) is 5.56 Å². The van der Waals surface area contributed by atoms with Gasteiger partial charge in [0.15, 0.2) is 0 Å². The SMILES string of the molecule is CC#Cc1ccc2cc(C)c(C)cc2c1. The highest BCUT2D eigenvalue weighted by Gasteiger charge is 1.98. The minimum atomic E-state index is 1.09. The molecule has 0 bridgehead atoms. The maximum Gasteiger partial charge on any atom is 0.0251 e. The predicted octanol–water partition coefficient (Wildman–Crippen LogP) is 3.83. The van der Waals surface area contributed by atoms with Crippen LogP contribution in [0.2, 0.25) is 0 Å². The normalized spacial score (nSPS) is 9.80. The highest BCUT2D eigenvalue weighted by atomic mass is 14.0. The molecule has 2 aromatic carbocycles. The molecule has 0 saturated heterocycles. The van der Waals surface area contributed by atoms with Gasteiger partial charge in [-0.05, 0) is 54.8 Å². The molecule has 0 nitrogen and oxygen atoms in total. The van der Waals surface area contributed by atoms with Crippen LogP contribution in [0.3, 0.4) is 0 Å². The van der Waals surface area contributed by atoms with E-state index < -0.39 is 0 Å². The molecular weight excluding hydrogens is 180 g/mol. The van der Waals surface area contributed by atoms with Crippen LogP contribution in [0.25, 0.3) is 10.8 Å². The van der Waals surface area contributed by atoms with Crippen molar-refractivity contribution in [1.82, 2.24) is 0 Å². The Morgan fingerprint density at radius 3 is 2.20 bits per heavy atom. The number of aryl methyl sites for hydroxylation is 2. The lowest BCUT2D eigenvalue weighted by Crippen LogP contribution is -1.83.